The Morgan fingerprint density at radius 2 is 0.817 bits per heavy atom. The van der Waals surface area contributed by atoms with Crippen LogP contribution in [0.4, 0.5) is 34.1 Å². The summed E-state index contributed by atoms with van der Waals surface area (Å²) in [6, 6.07) is 77.1. The van der Waals surface area contributed by atoms with Crippen molar-refractivity contribution in [3.8, 4) is 11.1 Å². The number of hydrogen-bond acceptors (Lipinski definition) is 4. The van der Waals surface area contributed by atoms with Crippen LogP contribution in [0.5, 0.6) is 0 Å². The number of benzene rings is 10. The van der Waals surface area contributed by atoms with Crippen LogP contribution in [0.1, 0.15) is 0 Å². The molecule has 0 fully saturated rings. The van der Waals surface area contributed by atoms with Crippen LogP contribution >= 0.6 is 0 Å². The Bertz CT molecular complexity index is 3550. The van der Waals surface area contributed by atoms with Gasteiger partial charge in [-0.1, -0.05) is 140 Å². The van der Waals surface area contributed by atoms with E-state index in [0.717, 1.165) is 105 Å². The van der Waals surface area contributed by atoms with Gasteiger partial charge in [-0.05, 0) is 94.5 Å². The molecule has 0 spiro atoms. The van der Waals surface area contributed by atoms with Gasteiger partial charge in [0, 0.05) is 61.3 Å². The van der Waals surface area contributed by atoms with E-state index in [1.807, 2.05) is 12.1 Å². The lowest BCUT2D eigenvalue weighted by Gasteiger charge is -2.27. The van der Waals surface area contributed by atoms with Crippen LogP contribution in [-0.2, 0) is 0 Å². The third kappa shape index (κ3) is 5.39. The highest BCUT2D eigenvalue weighted by Crippen LogP contribution is 2.48. The minimum Gasteiger partial charge on any atom is -0.455 e. The molecule has 0 radical (unpaired) electrons. The average Bonchev–Trinajstić information content (AvgIpc) is 3.90. The maximum Gasteiger partial charge on any atom is 0.159 e. The molecule has 0 bridgehead atoms. The van der Waals surface area contributed by atoms with E-state index in [1.165, 1.54) is 5.39 Å². The van der Waals surface area contributed by atoms with Crippen molar-refractivity contribution >= 4 is 99.5 Å². The van der Waals surface area contributed by atoms with Gasteiger partial charge >= 0.3 is 0 Å². The molecule has 10 aromatic carbocycles. The van der Waals surface area contributed by atoms with Gasteiger partial charge in [0.25, 0.3) is 0 Å². The van der Waals surface area contributed by atoms with E-state index < -0.39 is 0 Å². The molecule has 0 saturated heterocycles. The lowest BCUT2D eigenvalue weighted by atomic mass is 9.96. The third-order valence-electron chi connectivity index (χ3n) is 11.8. The maximum absolute atomic E-state index is 7.06. The van der Waals surface area contributed by atoms with Crippen molar-refractivity contribution in [2.75, 3.05) is 9.80 Å². The van der Waals surface area contributed by atoms with Crippen LogP contribution in [0.3, 0.4) is 0 Å². The lowest BCUT2D eigenvalue weighted by molar-refractivity contribution is 0.669. The molecule has 0 N–H and O–H groups in total. The van der Waals surface area contributed by atoms with E-state index in [2.05, 4.69) is 216 Å². The van der Waals surface area contributed by atoms with Crippen molar-refractivity contribution in [1.82, 2.24) is 0 Å². The molecule has 0 aliphatic carbocycles. The molecule has 0 unspecified atom stereocenters. The lowest BCUT2D eigenvalue weighted by Crippen LogP contribution is -2.11. The smallest absolute Gasteiger partial charge is 0.159 e. The summed E-state index contributed by atoms with van der Waals surface area (Å²) in [5.74, 6) is 0. The molecule has 0 atom stereocenters. The van der Waals surface area contributed by atoms with Gasteiger partial charge in [0.1, 0.15) is 16.7 Å². The molecule has 0 saturated carbocycles. The quantitative estimate of drug-likeness (QED) is 0.151. The highest BCUT2D eigenvalue weighted by atomic mass is 16.3. The Morgan fingerprint density at radius 3 is 1.58 bits per heavy atom. The largest absolute Gasteiger partial charge is 0.455 e. The fourth-order valence-electron chi connectivity index (χ4n) is 9.16. The van der Waals surface area contributed by atoms with E-state index in [9.17, 15) is 0 Å². The van der Waals surface area contributed by atoms with Crippen molar-refractivity contribution < 1.29 is 8.83 Å². The molecule has 0 aliphatic rings. The van der Waals surface area contributed by atoms with Gasteiger partial charge in [-0.3, -0.25) is 0 Å². The molecule has 60 heavy (non-hydrogen) atoms. The van der Waals surface area contributed by atoms with Gasteiger partial charge in [-0.25, -0.2) is 0 Å². The zero-order valence-corrected chi connectivity index (χ0v) is 32.5. The van der Waals surface area contributed by atoms with Gasteiger partial charge in [-0.2, -0.15) is 0 Å². The molecule has 282 valence electrons. The molecule has 0 aliphatic heterocycles. The van der Waals surface area contributed by atoms with Gasteiger partial charge in [0.2, 0.25) is 0 Å². The first-order chi connectivity index (χ1) is 29.8. The zero-order valence-electron chi connectivity index (χ0n) is 32.5. The number of fused-ring (bicyclic) bond motifs is 11. The summed E-state index contributed by atoms with van der Waals surface area (Å²) in [7, 11) is 0. The van der Waals surface area contributed by atoms with E-state index in [4.69, 9.17) is 8.83 Å². The van der Waals surface area contributed by atoms with Crippen molar-refractivity contribution in [2.45, 2.75) is 0 Å². The number of hydrogen-bond donors (Lipinski definition) is 0. The van der Waals surface area contributed by atoms with Crippen LogP contribution in [0.15, 0.2) is 227 Å². The first-order valence-electron chi connectivity index (χ1n) is 20.3. The van der Waals surface area contributed by atoms with Gasteiger partial charge in [0.05, 0.1) is 11.4 Å². The molecule has 2 heterocycles. The molecule has 12 rings (SSSR count). The summed E-state index contributed by atoms with van der Waals surface area (Å²) < 4.78 is 13.7. The van der Waals surface area contributed by atoms with Crippen LogP contribution in [0.2, 0.25) is 0 Å². The fourth-order valence-corrected chi connectivity index (χ4v) is 9.16. The first-order valence-corrected chi connectivity index (χ1v) is 20.3. The molecular weight excluding hydrogens is 733 g/mol. The summed E-state index contributed by atoms with van der Waals surface area (Å²) in [5, 5.41) is 8.92. The molecule has 4 heteroatoms. The summed E-state index contributed by atoms with van der Waals surface area (Å²) in [6.07, 6.45) is 0. The second-order valence-electron chi connectivity index (χ2n) is 15.2. The van der Waals surface area contributed by atoms with E-state index in [1.54, 1.807) is 0 Å². The SMILES string of the molecule is c1ccc(-c2ccccc2N(c2ccccc2)c2ccc3c(c2)oc2c4ccc(N(c5ccccc5)c5cccc6c5oc5ccccc56)cc4c4ccccc4c32)cc1. The first kappa shape index (κ1) is 34.0. The van der Waals surface area contributed by atoms with Crippen molar-refractivity contribution in [3.05, 3.63) is 218 Å². The molecular formula is C56H36N2O2. The van der Waals surface area contributed by atoms with E-state index >= 15 is 0 Å². The second-order valence-corrected chi connectivity index (χ2v) is 15.2. The summed E-state index contributed by atoms with van der Waals surface area (Å²) in [5.41, 5.74) is 12.0. The van der Waals surface area contributed by atoms with Crippen molar-refractivity contribution in [1.29, 1.82) is 0 Å². The highest BCUT2D eigenvalue weighted by molar-refractivity contribution is 6.30. The Balaban J connectivity index is 1.07. The average molecular weight is 769 g/mol. The Morgan fingerprint density at radius 1 is 0.283 bits per heavy atom. The normalized spacial score (nSPS) is 11.7. The number of nitrogens with zero attached hydrogens (tertiary/aromatic N) is 2. The topological polar surface area (TPSA) is 32.8 Å². The van der Waals surface area contributed by atoms with Crippen LogP contribution < -0.4 is 9.80 Å². The Kier molecular flexibility index (Phi) is 7.82. The summed E-state index contributed by atoms with van der Waals surface area (Å²) in [4.78, 5) is 4.64. The highest BCUT2D eigenvalue weighted by Gasteiger charge is 2.23. The number of rotatable bonds is 7. The molecule has 2 aromatic heterocycles. The van der Waals surface area contributed by atoms with Gasteiger partial charge in [0.15, 0.2) is 5.58 Å². The molecule has 4 nitrogen and oxygen atoms in total. The van der Waals surface area contributed by atoms with E-state index in [0.29, 0.717) is 0 Å². The molecule has 0 amide bonds. The van der Waals surface area contributed by atoms with Crippen molar-refractivity contribution in [2.24, 2.45) is 0 Å². The monoisotopic (exact) mass is 768 g/mol. The Labute approximate surface area is 346 Å². The second kappa shape index (κ2) is 13.8. The number of anilines is 6. The van der Waals surface area contributed by atoms with Crippen LogP contribution in [0.25, 0.3) is 76.5 Å². The van der Waals surface area contributed by atoms with Crippen LogP contribution in [-0.4, -0.2) is 0 Å². The Hall–Kier alpha value is -8.08. The predicted octanol–water partition coefficient (Wildman–Crippen LogP) is 16.4. The standard InChI is InChI=1S/C56H36N2O2/c1-4-17-37(18-5-1)42-23-12-14-28-50(42)57(38-19-6-2-7-20-38)41-32-34-48-53(36-41)60-56-47-33-31-40(35-49(47)43-24-10-11-26-45(43)54(48)56)58(39-21-8-3-9-22-39)51-29-16-27-46-44-25-13-15-30-52(44)59-55(46)51/h1-36H. The minimum absolute atomic E-state index is 0.838. The van der Waals surface area contributed by atoms with Crippen LogP contribution in [0, 0.1) is 0 Å². The minimum atomic E-state index is 0.838. The zero-order chi connectivity index (χ0) is 39.6. The maximum atomic E-state index is 7.06. The predicted molar refractivity (Wildman–Crippen MR) is 251 cm³/mol. The van der Waals surface area contributed by atoms with E-state index in [-0.39, 0.29) is 0 Å². The number of furan rings is 2. The van der Waals surface area contributed by atoms with Crippen molar-refractivity contribution in [3.63, 3.8) is 0 Å². The third-order valence-corrected chi connectivity index (χ3v) is 11.8. The van der Waals surface area contributed by atoms with Gasteiger partial charge in [-0.15, -0.1) is 0 Å². The number of para-hydroxylation sites is 5. The van der Waals surface area contributed by atoms with Gasteiger partial charge < -0.3 is 18.6 Å². The summed E-state index contributed by atoms with van der Waals surface area (Å²) in [6.45, 7) is 0. The summed E-state index contributed by atoms with van der Waals surface area (Å²) >= 11 is 0. The fraction of sp³-hybridized carbons (Fsp3) is 0. The molecule has 12 aromatic rings.